The van der Waals surface area contributed by atoms with Gasteiger partial charge in [-0.2, -0.15) is 0 Å². The predicted molar refractivity (Wildman–Crippen MR) is 100 cm³/mol. The van der Waals surface area contributed by atoms with Gasteiger partial charge < -0.3 is 4.74 Å². The largest absolute Gasteiger partial charge is 0.462 e. The number of esters is 1. The average molecular weight is 360 g/mol. The molecule has 4 fully saturated rings. The number of azide groups is 1. The van der Waals surface area contributed by atoms with Crippen molar-refractivity contribution in [2.45, 2.75) is 90.7 Å². The van der Waals surface area contributed by atoms with Gasteiger partial charge in [-0.15, -0.1) is 0 Å². The molecule has 144 valence electrons. The molecule has 5 heteroatoms. The lowest BCUT2D eigenvalue weighted by Crippen LogP contribution is -2.54. The van der Waals surface area contributed by atoms with E-state index in [2.05, 4.69) is 23.9 Å². The third-order valence-electron chi connectivity index (χ3n) is 9.07. The SMILES string of the molecule is CC(=O)O[C@H]1CC[C@H]2[C@@H]3CC[C@H]4C[C@@H](N=[N+]=[N-])CC[C@]4(C)[C@H]3CC[C@]12C. The first-order valence-corrected chi connectivity index (χ1v) is 10.6. The molecule has 0 radical (unpaired) electrons. The van der Waals surface area contributed by atoms with E-state index in [1.165, 1.54) is 38.5 Å². The van der Waals surface area contributed by atoms with Gasteiger partial charge in [0.15, 0.2) is 0 Å². The van der Waals surface area contributed by atoms with Crippen LogP contribution < -0.4 is 0 Å². The van der Waals surface area contributed by atoms with Crippen LogP contribution in [0.5, 0.6) is 0 Å². The number of carbonyl (C=O) groups is 1. The van der Waals surface area contributed by atoms with Crippen molar-refractivity contribution >= 4 is 5.97 Å². The topological polar surface area (TPSA) is 75.1 Å². The van der Waals surface area contributed by atoms with Crippen molar-refractivity contribution in [1.29, 1.82) is 0 Å². The number of hydrogen-bond acceptors (Lipinski definition) is 3. The first kappa shape index (κ1) is 18.2. The molecule has 4 saturated carbocycles. The standard InChI is InChI=1S/C21H33N3O2/c1-13(25)26-19-7-6-17-16-5-4-14-12-15(23-24-22)8-10-20(14,2)18(16)9-11-21(17,19)3/h14-19H,4-12H2,1-3H3/t14-,15-,16-,17-,18-,19-,20-,21-/m0/s1. The predicted octanol–water partition coefficient (Wildman–Crippen LogP) is 5.64. The molecule has 0 heterocycles. The maximum absolute atomic E-state index is 11.6. The Morgan fingerprint density at radius 2 is 1.77 bits per heavy atom. The molecule has 0 N–H and O–H groups in total. The lowest BCUT2D eigenvalue weighted by Gasteiger charge is -2.60. The van der Waals surface area contributed by atoms with Crippen LogP contribution in [0.1, 0.15) is 78.6 Å². The van der Waals surface area contributed by atoms with E-state index in [9.17, 15) is 4.79 Å². The van der Waals surface area contributed by atoms with Gasteiger partial charge in [0.2, 0.25) is 0 Å². The number of carbonyl (C=O) groups excluding carboxylic acids is 1. The summed E-state index contributed by atoms with van der Waals surface area (Å²) < 4.78 is 5.75. The second-order valence-corrected chi connectivity index (χ2v) is 10.0. The van der Waals surface area contributed by atoms with E-state index in [1.807, 2.05) is 0 Å². The molecular weight excluding hydrogens is 326 g/mol. The smallest absolute Gasteiger partial charge is 0.302 e. The van der Waals surface area contributed by atoms with Gasteiger partial charge in [0, 0.05) is 23.3 Å². The lowest BCUT2D eigenvalue weighted by molar-refractivity contribution is -0.161. The van der Waals surface area contributed by atoms with Gasteiger partial charge in [0.1, 0.15) is 6.10 Å². The van der Waals surface area contributed by atoms with Crippen molar-refractivity contribution in [1.82, 2.24) is 0 Å². The van der Waals surface area contributed by atoms with Crippen LogP contribution in [0.3, 0.4) is 0 Å². The van der Waals surface area contributed by atoms with Crippen molar-refractivity contribution < 1.29 is 9.53 Å². The Morgan fingerprint density at radius 1 is 1.04 bits per heavy atom. The molecule has 8 atom stereocenters. The maximum Gasteiger partial charge on any atom is 0.302 e. The Bertz CT molecular complexity index is 631. The summed E-state index contributed by atoms with van der Waals surface area (Å²) in [5, 5.41) is 4.04. The number of rotatable bonds is 2. The van der Waals surface area contributed by atoms with Gasteiger partial charge in [-0.25, -0.2) is 0 Å². The Morgan fingerprint density at radius 3 is 2.50 bits per heavy atom. The molecule has 4 rings (SSSR count). The van der Waals surface area contributed by atoms with E-state index in [4.69, 9.17) is 10.3 Å². The van der Waals surface area contributed by atoms with E-state index in [0.717, 1.165) is 31.1 Å². The van der Waals surface area contributed by atoms with E-state index in [0.29, 0.717) is 17.3 Å². The Labute approximate surface area is 156 Å². The van der Waals surface area contributed by atoms with Crippen molar-refractivity contribution in [3.63, 3.8) is 0 Å². The highest BCUT2D eigenvalue weighted by molar-refractivity contribution is 5.66. The highest BCUT2D eigenvalue weighted by atomic mass is 16.5. The van der Waals surface area contributed by atoms with Crippen LogP contribution in [0.25, 0.3) is 10.4 Å². The maximum atomic E-state index is 11.6. The third-order valence-corrected chi connectivity index (χ3v) is 9.07. The minimum absolute atomic E-state index is 0.119. The normalized spacial score (nSPS) is 50.0. The summed E-state index contributed by atoms with van der Waals surface area (Å²) in [7, 11) is 0. The molecule has 0 aromatic rings. The highest BCUT2D eigenvalue weighted by Gasteiger charge is 2.60. The Hall–Kier alpha value is -1.22. The molecule has 0 aromatic carbocycles. The Balaban J connectivity index is 1.55. The minimum Gasteiger partial charge on any atom is -0.462 e. The van der Waals surface area contributed by atoms with E-state index < -0.39 is 0 Å². The molecule has 0 bridgehead atoms. The third kappa shape index (κ3) is 2.66. The molecule has 0 aliphatic heterocycles. The van der Waals surface area contributed by atoms with E-state index in [1.54, 1.807) is 6.92 Å². The van der Waals surface area contributed by atoms with Gasteiger partial charge in [0.25, 0.3) is 0 Å². The lowest BCUT2D eigenvalue weighted by atomic mass is 9.45. The molecular formula is C21H33N3O2. The summed E-state index contributed by atoms with van der Waals surface area (Å²) in [6.07, 6.45) is 10.8. The second kappa shape index (κ2) is 6.44. The van der Waals surface area contributed by atoms with Crippen molar-refractivity contribution in [3.8, 4) is 0 Å². The average Bonchev–Trinajstić information content (AvgIpc) is 2.91. The zero-order chi connectivity index (χ0) is 18.5. The van der Waals surface area contributed by atoms with Crippen LogP contribution in [-0.4, -0.2) is 18.1 Å². The monoisotopic (exact) mass is 359 g/mol. The summed E-state index contributed by atoms with van der Waals surface area (Å²) in [5.41, 5.74) is 9.39. The van der Waals surface area contributed by atoms with Crippen LogP contribution in [0.2, 0.25) is 0 Å². The summed E-state index contributed by atoms with van der Waals surface area (Å²) in [6.45, 7) is 6.47. The fraction of sp³-hybridized carbons (Fsp3) is 0.952. The highest BCUT2D eigenvalue weighted by Crippen LogP contribution is 2.66. The van der Waals surface area contributed by atoms with Crippen LogP contribution in [0.15, 0.2) is 5.11 Å². The zero-order valence-corrected chi connectivity index (χ0v) is 16.5. The van der Waals surface area contributed by atoms with Gasteiger partial charge in [-0.3, -0.25) is 4.79 Å². The molecule has 5 nitrogen and oxygen atoms in total. The molecule has 4 aliphatic rings. The molecule has 0 amide bonds. The number of hydrogen-bond donors (Lipinski definition) is 0. The first-order valence-electron chi connectivity index (χ1n) is 10.6. The molecule has 26 heavy (non-hydrogen) atoms. The molecule has 4 aliphatic carbocycles. The van der Waals surface area contributed by atoms with Crippen LogP contribution in [-0.2, 0) is 9.53 Å². The van der Waals surface area contributed by atoms with E-state index >= 15 is 0 Å². The number of fused-ring (bicyclic) bond motifs is 5. The van der Waals surface area contributed by atoms with Gasteiger partial charge in [0.05, 0.1) is 0 Å². The molecule has 0 aromatic heterocycles. The van der Waals surface area contributed by atoms with Crippen LogP contribution >= 0.6 is 0 Å². The number of nitrogens with zero attached hydrogens (tertiary/aromatic N) is 3. The molecule has 0 saturated heterocycles. The first-order chi connectivity index (χ1) is 12.4. The van der Waals surface area contributed by atoms with Crippen LogP contribution in [0.4, 0.5) is 0 Å². The van der Waals surface area contributed by atoms with Gasteiger partial charge in [-0.05, 0) is 92.4 Å². The fourth-order valence-corrected chi connectivity index (χ4v) is 7.76. The summed E-state index contributed by atoms with van der Waals surface area (Å²) in [5.74, 6) is 2.88. The second-order valence-electron chi connectivity index (χ2n) is 10.0. The van der Waals surface area contributed by atoms with Crippen molar-refractivity contribution in [3.05, 3.63) is 10.4 Å². The molecule has 0 spiro atoms. The van der Waals surface area contributed by atoms with Gasteiger partial charge in [-0.1, -0.05) is 19.0 Å². The van der Waals surface area contributed by atoms with E-state index in [-0.39, 0.29) is 23.5 Å². The zero-order valence-electron chi connectivity index (χ0n) is 16.5. The van der Waals surface area contributed by atoms with Crippen molar-refractivity contribution in [2.24, 2.45) is 39.6 Å². The van der Waals surface area contributed by atoms with Gasteiger partial charge >= 0.3 is 5.97 Å². The summed E-state index contributed by atoms with van der Waals surface area (Å²) >= 11 is 0. The Kier molecular flexibility index (Phi) is 4.50. The molecule has 0 unspecified atom stereocenters. The minimum atomic E-state index is -0.119. The summed E-state index contributed by atoms with van der Waals surface area (Å²) in [4.78, 5) is 14.6. The van der Waals surface area contributed by atoms with Crippen molar-refractivity contribution in [2.75, 3.05) is 0 Å². The van der Waals surface area contributed by atoms with Crippen LogP contribution in [0, 0.1) is 34.5 Å². The number of ether oxygens (including phenoxy) is 1. The quantitative estimate of drug-likeness (QED) is 0.277. The summed E-state index contributed by atoms with van der Waals surface area (Å²) in [6, 6.07) is 0.211. The fourth-order valence-electron chi connectivity index (χ4n) is 7.76.